The Kier molecular flexibility index (Phi) is 5.90. The third kappa shape index (κ3) is 4.96. The molecule has 0 aliphatic rings. The molecule has 0 aliphatic carbocycles. The number of ether oxygens (including phenoxy) is 2. The lowest BCUT2D eigenvalue weighted by Gasteiger charge is -2.10. The molecular weight excluding hydrogens is 286 g/mol. The second-order valence-corrected chi connectivity index (χ2v) is 5.24. The van der Waals surface area contributed by atoms with Gasteiger partial charge in [0.15, 0.2) is 0 Å². The molecule has 0 aromatic heterocycles. The Hall–Kier alpha value is -1.71. The van der Waals surface area contributed by atoms with E-state index in [1.807, 2.05) is 49.4 Å². The smallest absolute Gasteiger partial charge is 0.123 e. The molecule has 2 rings (SSSR count). The Balaban J connectivity index is 1.71. The molecule has 0 heterocycles. The fourth-order valence-corrected chi connectivity index (χ4v) is 2.04. The third-order valence-electron chi connectivity index (χ3n) is 3.12. The second kappa shape index (κ2) is 7.91. The first kappa shape index (κ1) is 15.7. The van der Waals surface area contributed by atoms with E-state index >= 15 is 0 Å². The van der Waals surface area contributed by atoms with Gasteiger partial charge in [-0.05, 0) is 42.3 Å². The van der Waals surface area contributed by atoms with E-state index in [1.165, 1.54) is 0 Å². The lowest BCUT2D eigenvalue weighted by Crippen LogP contribution is -2.05. The topological polar surface area (TPSA) is 44.5 Å². The minimum Gasteiger partial charge on any atom is -0.493 e. The molecule has 0 fully saturated rings. The summed E-state index contributed by atoms with van der Waals surface area (Å²) in [6.07, 6.45) is 0.810. The molecule has 2 N–H and O–H groups in total. The molecule has 0 unspecified atom stereocenters. The molecule has 112 valence electrons. The molecule has 0 saturated carbocycles. The Morgan fingerprint density at radius 1 is 1.00 bits per heavy atom. The molecule has 3 nitrogen and oxygen atoms in total. The molecule has 0 atom stereocenters. The highest BCUT2D eigenvalue weighted by Gasteiger charge is 2.01. The molecule has 0 amide bonds. The lowest BCUT2D eigenvalue weighted by molar-refractivity contribution is 0.246. The van der Waals surface area contributed by atoms with Crippen LogP contribution in [0.2, 0.25) is 5.02 Å². The standard InChI is InChI=1S/C17H20ClNO2/c1-13-3-6-15(18)11-17(13)21-10-2-9-20-16-7-4-14(12-19)5-8-16/h3-8,11H,2,9-10,12,19H2,1H3. The van der Waals surface area contributed by atoms with Crippen LogP contribution in [0, 0.1) is 6.92 Å². The number of halogens is 1. The lowest BCUT2D eigenvalue weighted by atomic mass is 10.2. The fraction of sp³-hybridized carbons (Fsp3) is 0.294. The second-order valence-electron chi connectivity index (χ2n) is 4.81. The van der Waals surface area contributed by atoms with Crippen LogP contribution in [-0.2, 0) is 6.54 Å². The SMILES string of the molecule is Cc1ccc(Cl)cc1OCCCOc1ccc(CN)cc1. The summed E-state index contributed by atoms with van der Waals surface area (Å²) in [7, 11) is 0. The summed E-state index contributed by atoms with van der Waals surface area (Å²) in [5.74, 6) is 1.68. The molecule has 0 spiro atoms. The van der Waals surface area contributed by atoms with E-state index in [2.05, 4.69) is 0 Å². The molecule has 2 aromatic rings. The molecule has 0 saturated heterocycles. The van der Waals surface area contributed by atoms with Crippen molar-refractivity contribution in [1.82, 2.24) is 0 Å². The van der Waals surface area contributed by atoms with Gasteiger partial charge in [0.2, 0.25) is 0 Å². The molecule has 0 bridgehead atoms. The van der Waals surface area contributed by atoms with E-state index in [4.69, 9.17) is 26.8 Å². The van der Waals surface area contributed by atoms with Crippen molar-refractivity contribution in [3.63, 3.8) is 0 Å². The summed E-state index contributed by atoms with van der Waals surface area (Å²) in [5, 5.41) is 0.687. The van der Waals surface area contributed by atoms with Gasteiger partial charge in [-0.3, -0.25) is 0 Å². The Morgan fingerprint density at radius 2 is 1.71 bits per heavy atom. The largest absolute Gasteiger partial charge is 0.493 e. The van der Waals surface area contributed by atoms with Crippen LogP contribution in [0.1, 0.15) is 17.5 Å². The Morgan fingerprint density at radius 3 is 2.43 bits per heavy atom. The summed E-state index contributed by atoms with van der Waals surface area (Å²) < 4.78 is 11.4. The van der Waals surface area contributed by atoms with Gasteiger partial charge in [-0.1, -0.05) is 29.8 Å². The fourth-order valence-electron chi connectivity index (χ4n) is 1.88. The number of nitrogens with two attached hydrogens (primary N) is 1. The van der Waals surface area contributed by atoms with Gasteiger partial charge in [-0.2, -0.15) is 0 Å². The molecule has 4 heteroatoms. The molecule has 21 heavy (non-hydrogen) atoms. The zero-order valence-corrected chi connectivity index (χ0v) is 12.9. The predicted octanol–water partition coefficient (Wildman–Crippen LogP) is 3.96. The number of benzene rings is 2. The predicted molar refractivity (Wildman–Crippen MR) is 86.1 cm³/mol. The molecule has 0 aliphatic heterocycles. The van der Waals surface area contributed by atoms with Crippen molar-refractivity contribution in [2.75, 3.05) is 13.2 Å². The number of hydrogen-bond donors (Lipinski definition) is 1. The quantitative estimate of drug-likeness (QED) is 0.788. The van der Waals surface area contributed by atoms with Gasteiger partial charge in [0.25, 0.3) is 0 Å². The van der Waals surface area contributed by atoms with Crippen LogP contribution < -0.4 is 15.2 Å². The first-order chi connectivity index (χ1) is 10.2. The highest BCUT2D eigenvalue weighted by atomic mass is 35.5. The number of rotatable bonds is 7. The summed E-state index contributed by atoms with van der Waals surface area (Å²) in [5.41, 5.74) is 7.73. The van der Waals surface area contributed by atoms with E-state index in [1.54, 1.807) is 0 Å². The van der Waals surface area contributed by atoms with E-state index < -0.39 is 0 Å². The van der Waals surface area contributed by atoms with Gasteiger partial charge in [-0.25, -0.2) is 0 Å². The van der Waals surface area contributed by atoms with Crippen molar-refractivity contribution in [1.29, 1.82) is 0 Å². The maximum atomic E-state index is 5.95. The van der Waals surface area contributed by atoms with Crippen LogP contribution in [0.5, 0.6) is 11.5 Å². The Bertz CT molecular complexity index is 570. The van der Waals surface area contributed by atoms with Gasteiger partial charge in [0, 0.05) is 18.0 Å². The summed E-state index contributed by atoms with van der Waals surface area (Å²) >= 11 is 5.95. The Labute approximate surface area is 130 Å². The van der Waals surface area contributed by atoms with Crippen LogP contribution >= 0.6 is 11.6 Å². The van der Waals surface area contributed by atoms with Crippen LogP contribution in [0.25, 0.3) is 0 Å². The minimum absolute atomic E-state index is 0.549. The van der Waals surface area contributed by atoms with Crippen LogP contribution in [-0.4, -0.2) is 13.2 Å². The zero-order valence-electron chi connectivity index (χ0n) is 12.1. The average Bonchev–Trinajstić information content (AvgIpc) is 2.51. The van der Waals surface area contributed by atoms with E-state index in [9.17, 15) is 0 Å². The maximum absolute atomic E-state index is 5.95. The van der Waals surface area contributed by atoms with Gasteiger partial charge >= 0.3 is 0 Å². The van der Waals surface area contributed by atoms with E-state index in [-0.39, 0.29) is 0 Å². The molecule has 0 radical (unpaired) electrons. The highest BCUT2D eigenvalue weighted by molar-refractivity contribution is 6.30. The van der Waals surface area contributed by atoms with Crippen molar-refractivity contribution < 1.29 is 9.47 Å². The van der Waals surface area contributed by atoms with Crippen LogP contribution in [0.3, 0.4) is 0 Å². The zero-order chi connectivity index (χ0) is 15.1. The van der Waals surface area contributed by atoms with Crippen molar-refractivity contribution in [3.05, 3.63) is 58.6 Å². The minimum atomic E-state index is 0.549. The third-order valence-corrected chi connectivity index (χ3v) is 3.36. The first-order valence-electron chi connectivity index (χ1n) is 7.00. The van der Waals surface area contributed by atoms with Crippen molar-refractivity contribution in [2.45, 2.75) is 19.9 Å². The maximum Gasteiger partial charge on any atom is 0.123 e. The monoisotopic (exact) mass is 305 g/mol. The first-order valence-corrected chi connectivity index (χ1v) is 7.37. The van der Waals surface area contributed by atoms with E-state index in [0.29, 0.717) is 24.8 Å². The summed E-state index contributed by atoms with van der Waals surface area (Å²) in [6, 6.07) is 13.5. The summed E-state index contributed by atoms with van der Waals surface area (Å²) in [4.78, 5) is 0. The van der Waals surface area contributed by atoms with Crippen molar-refractivity contribution >= 4 is 11.6 Å². The normalized spacial score (nSPS) is 10.4. The molecule has 2 aromatic carbocycles. The van der Waals surface area contributed by atoms with Gasteiger partial charge in [0.1, 0.15) is 11.5 Å². The van der Waals surface area contributed by atoms with Gasteiger partial charge in [0.05, 0.1) is 13.2 Å². The number of aryl methyl sites for hydroxylation is 1. The van der Waals surface area contributed by atoms with Gasteiger partial charge < -0.3 is 15.2 Å². The van der Waals surface area contributed by atoms with Crippen molar-refractivity contribution in [3.8, 4) is 11.5 Å². The average molecular weight is 306 g/mol. The molecular formula is C17H20ClNO2. The van der Waals surface area contributed by atoms with Gasteiger partial charge in [-0.15, -0.1) is 0 Å². The van der Waals surface area contributed by atoms with Crippen molar-refractivity contribution in [2.24, 2.45) is 5.73 Å². The van der Waals surface area contributed by atoms with Crippen LogP contribution in [0.4, 0.5) is 0 Å². The van der Waals surface area contributed by atoms with Crippen LogP contribution in [0.15, 0.2) is 42.5 Å². The number of hydrogen-bond acceptors (Lipinski definition) is 3. The summed E-state index contributed by atoms with van der Waals surface area (Å²) in [6.45, 7) is 3.76. The van der Waals surface area contributed by atoms with E-state index in [0.717, 1.165) is 29.0 Å². The highest BCUT2D eigenvalue weighted by Crippen LogP contribution is 2.22.